The molecule has 1 aliphatic rings. The predicted molar refractivity (Wildman–Crippen MR) is 84.6 cm³/mol. The van der Waals surface area contributed by atoms with E-state index >= 15 is 0 Å². The van der Waals surface area contributed by atoms with Gasteiger partial charge in [0.15, 0.2) is 0 Å². The van der Waals surface area contributed by atoms with Crippen LogP contribution in [-0.4, -0.2) is 25.6 Å². The third-order valence-corrected chi connectivity index (χ3v) is 4.39. The highest BCUT2D eigenvalue weighted by Gasteiger charge is 2.25. The van der Waals surface area contributed by atoms with Crippen molar-refractivity contribution in [2.45, 2.75) is 45.1 Å². The van der Waals surface area contributed by atoms with E-state index in [0.717, 1.165) is 18.4 Å². The number of hydrogen-bond donors (Lipinski definition) is 2. The van der Waals surface area contributed by atoms with Crippen molar-refractivity contribution in [3.05, 3.63) is 29.3 Å². The number of hydrogen-bond acceptors (Lipinski definition) is 3. The zero-order valence-electron chi connectivity index (χ0n) is 13.0. The van der Waals surface area contributed by atoms with Crippen LogP contribution in [0.4, 0.5) is 0 Å². The van der Waals surface area contributed by atoms with Crippen LogP contribution < -0.4 is 15.8 Å². The van der Waals surface area contributed by atoms with Crippen molar-refractivity contribution in [3.8, 4) is 5.75 Å². The molecule has 21 heavy (non-hydrogen) atoms. The summed E-state index contributed by atoms with van der Waals surface area (Å²) in [4.78, 5) is 12.5. The minimum absolute atomic E-state index is 0.0584. The van der Waals surface area contributed by atoms with Crippen molar-refractivity contribution in [2.75, 3.05) is 13.7 Å². The SMILES string of the molecule is COc1ccc(C)cc1C(=O)NC(CN)C1CCCCC1. The average Bonchev–Trinajstić information content (AvgIpc) is 2.53. The lowest BCUT2D eigenvalue weighted by atomic mass is 9.84. The second-order valence-electron chi connectivity index (χ2n) is 5.92. The number of amides is 1. The third kappa shape index (κ3) is 3.97. The Morgan fingerprint density at radius 2 is 2.10 bits per heavy atom. The second-order valence-corrected chi connectivity index (χ2v) is 5.92. The third-order valence-electron chi connectivity index (χ3n) is 4.39. The van der Waals surface area contributed by atoms with Gasteiger partial charge in [-0.15, -0.1) is 0 Å². The minimum Gasteiger partial charge on any atom is -0.496 e. The lowest BCUT2D eigenvalue weighted by Crippen LogP contribution is -2.46. The summed E-state index contributed by atoms with van der Waals surface area (Å²) in [7, 11) is 1.59. The van der Waals surface area contributed by atoms with Crippen molar-refractivity contribution >= 4 is 5.91 Å². The molecule has 0 aliphatic heterocycles. The van der Waals surface area contributed by atoms with Crippen LogP contribution in [0.3, 0.4) is 0 Å². The lowest BCUT2D eigenvalue weighted by molar-refractivity contribution is 0.0912. The molecular formula is C17H26N2O2. The quantitative estimate of drug-likeness (QED) is 0.876. The largest absolute Gasteiger partial charge is 0.496 e. The van der Waals surface area contributed by atoms with Gasteiger partial charge in [0, 0.05) is 12.6 Å². The smallest absolute Gasteiger partial charge is 0.255 e. The molecule has 4 heteroatoms. The molecule has 3 N–H and O–H groups in total. The van der Waals surface area contributed by atoms with E-state index in [0.29, 0.717) is 23.8 Å². The standard InChI is InChI=1S/C17H26N2O2/c1-12-8-9-16(21-2)14(10-12)17(20)19-15(11-18)13-6-4-3-5-7-13/h8-10,13,15H,3-7,11,18H2,1-2H3,(H,19,20). The molecule has 1 aromatic rings. The van der Waals surface area contributed by atoms with Crippen LogP contribution in [0.15, 0.2) is 18.2 Å². The minimum atomic E-state index is -0.0865. The number of methoxy groups -OCH3 is 1. The highest BCUT2D eigenvalue weighted by molar-refractivity contribution is 5.97. The average molecular weight is 290 g/mol. The Balaban J connectivity index is 2.10. The van der Waals surface area contributed by atoms with E-state index in [1.54, 1.807) is 7.11 Å². The molecule has 0 radical (unpaired) electrons. The maximum Gasteiger partial charge on any atom is 0.255 e. The first-order valence-corrected chi connectivity index (χ1v) is 7.81. The van der Waals surface area contributed by atoms with Gasteiger partial charge >= 0.3 is 0 Å². The van der Waals surface area contributed by atoms with Gasteiger partial charge in [-0.05, 0) is 37.8 Å². The van der Waals surface area contributed by atoms with Gasteiger partial charge < -0.3 is 15.8 Å². The van der Waals surface area contributed by atoms with Crippen LogP contribution in [-0.2, 0) is 0 Å². The number of carbonyl (C=O) groups is 1. The first-order valence-electron chi connectivity index (χ1n) is 7.81. The first kappa shape index (κ1) is 15.8. The van der Waals surface area contributed by atoms with E-state index in [-0.39, 0.29) is 11.9 Å². The summed E-state index contributed by atoms with van der Waals surface area (Å²) < 4.78 is 5.29. The molecule has 0 bridgehead atoms. The van der Waals surface area contributed by atoms with Gasteiger partial charge in [-0.3, -0.25) is 4.79 Å². The van der Waals surface area contributed by atoms with Crippen LogP contribution in [0.25, 0.3) is 0 Å². The Morgan fingerprint density at radius 3 is 2.71 bits per heavy atom. The number of rotatable bonds is 5. The second kappa shape index (κ2) is 7.46. The number of ether oxygens (including phenoxy) is 1. The summed E-state index contributed by atoms with van der Waals surface area (Å²) in [5, 5.41) is 3.11. The van der Waals surface area contributed by atoms with E-state index < -0.39 is 0 Å². The molecular weight excluding hydrogens is 264 g/mol. The van der Waals surface area contributed by atoms with Gasteiger partial charge in [-0.25, -0.2) is 0 Å². The predicted octanol–water partition coefficient (Wildman–Crippen LogP) is 2.64. The number of carbonyl (C=O) groups excluding carboxylic acids is 1. The van der Waals surface area contributed by atoms with E-state index in [1.165, 1.54) is 19.3 Å². The van der Waals surface area contributed by atoms with Crippen molar-refractivity contribution < 1.29 is 9.53 Å². The number of aryl methyl sites for hydroxylation is 1. The molecule has 1 amide bonds. The van der Waals surface area contributed by atoms with Crippen molar-refractivity contribution in [2.24, 2.45) is 11.7 Å². The summed E-state index contributed by atoms with van der Waals surface area (Å²) >= 11 is 0. The monoisotopic (exact) mass is 290 g/mol. The van der Waals surface area contributed by atoms with Crippen LogP contribution in [0.2, 0.25) is 0 Å². The van der Waals surface area contributed by atoms with E-state index in [4.69, 9.17) is 10.5 Å². The summed E-state index contributed by atoms with van der Waals surface area (Å²) in [6.45, 7) is 2.46. The van der Waals surface area contributed by atoms with Gasteiger partial charge in [-0.1, -0.05) is 30.9 Å². The number of benzene rings is 1. The fraction of sp³-hybridized carbons (Fsp3) is 0.588. The summed E-state index contributed by atoms with van der Waals surface area (Å²) in [5.74, 6) is 1.03. The van der Waals surface area contributed by atoms with Crippen LogP contribution in [0.5, 0.6) is 5.75 Å². The molecule has 1 unspecified atom stereocenters. The molecule has 0 heterocycles. The Kier molecular flexibility index (Phi) is 5.62. The Bertz CT molecular complexity index is 482. The van der Waals surface area contributed by atoms with E-state index in [2.05, 4.69) is 5.32 Å². The number of nitrogens with two attached hydrogens (primary N) is 1. The normalized spacial score (nSPS) is 17.3. The summed E-state index contributed by atoms with van der Waals surface area (Å²) in [6, 6.07) is 5.70. The molecule has 4 nitrogen and oxygen atoms in total. The molecule has 1 saturated carbocycles. The molecule has 1 aromatic carbocycles. The highest BCUT2D eigenvalue weighted by atomic mass is 16.5. The first-order chi connectivity index (χ1) is 10.2. The zero-order chi connectivity index (χ0) is 15.2. The molecule has 0 saturated heterocycles. The van der Waals surface area contributed by atoms with Crippen molar-refractivity contribution in [1.29, 1.82) is 0 Å². The highest BCUT2D eigenvalue weighted by Crippen LogP contribution is 2.27. The molecule has 1 atom stereocenters. The van der Waals surface area contributed by atoms with Crippen molar-refractivity contribution in [3.63, 3.8) is 0 Å². The van der Waals surface area contributed by atoms with E-state index in [1.807, 2.05) is 25.1 Å². The topological polar surface area (TPSA) is 64.3 Å². The van der Waals surface area contributed by atoms with Crippen LogP contribution >= 0.6 is 0 Å². The Morgan fingerprint density at radius 1 is 1.38 bits per heavy atom. The summed E-state index contributed by atoms with van der Waals surface area (Å²) in [6.07, 6.45) is 6.10. The van der Waals surface area contributed by atoms with Gasteiger partial charge in [-0.2, -0.15) is 0 Å². The maximum atomic E-state index is 12.5. The van der Waals surface area contributed by atoms with Gasteiger partial charge in [0.1, 0.15) is 5.75 Å². The molecule has 116 valence electrons. The number of nitrogens with one attached hydrogen (secondary N) is 1. The Labute approximate surface area is 127 Å². The molecule has 1 aliphatic carbocycles. The van der Waals surface area contributed by atoms with Crippen LogP contribution in [0.1, 0.15) is 48.0 Å². The van der Waals surface area contributed by atoms with Gasteiger partial charge in [0.05, 0.1) is 12.7 Å². The fourth-order valence-electron chi connectivity index (χ4n) is 3.15. The van der Waals surface area contributed by atoms with Gasteiger partial charge in [0.25, 0.3) is 5.91 Å². The van der Waals surface area contributed by atoms with E-state index in [9.17, 15) is 4.79 Å². The maximum absolute atomic E-state index is 12.5. The molecule has 2 rings (SSSR count). The molecule has 1 fully saturated rings. The molecule has 0 aromatic heterocycles. The fourth-order valence-corrected chi connectivity index (χ4v) is 3.15. The van der Waals surface area contributed by atoms with Crippen molar-refractivity contribution in [1.82, 2.24) is 5.32 Å². The summed E-state index contributed by atoms with van der Waals surface area (Å²) in [5.41, 5.74) is 7.52. The lowest BCUT2D eigenvalue weighted by Gasteiger charge is -2.30. The van der Waals surface area contributed by atoms with Crippen LogP contribution in [0, 0.1) is 12.8 Å². The van der Waals surface area contributed by atoms with Gasteiger partial charge in [0.2, 0.25) is 0 Å². The zero-order valence-corrected chi connectivity index (χ0v) is 13.0. The molecule has 0 spiro atoms. The Hall–Kier alpha value is -1.55.